The third-order valence-corrected chi connectivity index (χ3v) is 4.23. The molecule has 0 saturated carbocycles. The van der Waals surface area contributed by atoms with Gasteiger partial charge in [0, 0.05) is 28.3 Å². The van der Waals surface area contributed by atoms with E-state index in [1.165, 1.54) is 12.8 Å². The van der Waals surface area contributed by atoms with E-state index in [9.17, 15) is 4.21 Å². The van der Waals surface area contributed by atoms with Gasteiger partial charge in [-0.2, -0.15) is 0 Å². The van der Waals surface area contributed by atoms with E-state index in [1.54, 1.807) is 0 Å². The Morgan fingerprint density at radius 3 is 2.43 bits per heavy atom. The number of unbranched alkanes of at least 4 members (excludes halogenated alkanes) is 2. The van der Waals surface area contributed by atoms with Crippen LogP contribution in [0.25, 0.3) is 0 Å². The maximum atomic E-state index is 11.6. The zero-order valence-electron chi connectivity index (χ0n) is 9.79. The molecule has 3 unspecified atom stereocenters. The quantitative estimate of drug-likeness (QED) is 0.637. The minimum absolute atomic E-state index is 0.113. The van der Waals surface area contributed by atoms with Crippen LogP contribution in [-0.4, -0.2) is 21.8 Å². The molecule has 0 radical (unpaired) electrons. The molecule has 0 aromatic rings. The van der Waals surface area contributed by atoms with Gasteiger partial charge in [-0.05, 0) is 12.3 Å². The summed E-state index contributed by atoms with van der Waals surface area (Å²) in [6.45, 7) is 6.42. The molecule has 0 bridgehead atoms. The molecule has 3 atom stereocenters. The highest BCUT2D eigenvalue weighted by atomic mass is 32.2. The Hall–Kier alpha value is 0.110. The number of hydrogen-bond donors (Lipinski definition) is 1. The standard InChI is InChI=1S/C11H25NOS/c1-4-6-7-8-14(13)9-11(12)10(3)5-2/h10-11H,4-9,12H2,1-3H3. The predicted octanol–water partition coefficient (Wildman–Crippen LogP) is 2.30. The highest BCUT2D eigenvalue weighted by Crippen LogP contribution is 2.07. The van der Waals surface area contributed by atoms with Crippen molar-refractivity contribution in [1.82, 2.24) is 0 Å². The van der Waals surface area contributed by atoms with Crippen LogP contribution in [0.5, 0.6) is 0 Å². The highest BCUT2D eigenvalue weighted by Gasteiger charge is 2.13. The van der Waals surface area contributed by atoms with Gasteiger partial charge in [0.1, 0.15) is 0 Å². The first-order valence-electron chi connectivity index (χ1n) is 5.72. The van der Waals surface area contributed by atoms with Crippen LogP contribution in [0.1, 0.15) is 46.5 Å². The van der Waals surface area contributed by atoms with E-state index in [0.717, 1.165) is 18.6 Å². The predicted molar refractivity (Wildman–Crippen MR) is 64.8 cm³/mol. The van der Waals surface area contributed by atoms with E-state index in [2.05, 4.69) is 20.8 Å². The fraction of sp³-hybridized carbons (Fsp3) is 1.00. The molecule has 0 heterocycles. The molecule has 0 spiro atoms. The molecular formula is C11H25NOS. The summed E-state index contributed by atoms with van der Waals surface area (Å²) in [5.41, 5.74) is 5.94. The number of hydrogen-bond acceptors (Lipinski definition) is 2. The van der Waals surface area contributed by atoms with Gasteiger partial charge in [-0.25, -0.2) is 0 Å². The van der Waals surface area contributed by atoms with Crippen molar-refractivity contribution in [1.29, 1.82) is 0 Å². The Morgan fingerprint density at radius 1 is 1.29 bits per heavy atom. The van der Waals surface area contributed by atoms with Crippen molar-refractivity contribution >= 4 is 10.8 Å². The molecule has 2 nitrogen and oxygen atoms in total. The first-order chi connectivity index (χ1) is 6.61. The first-order valence-corrected chi connectivity index (χ1v) is 7.21. The molecule has 0 aromatic heterocycles. The lowest BCUT2D eigenvalue weighted by atomic mass is 10.0. The van der Waals surface area contributed by atoms with Gasteiger partial charge < -0.3 is 5.73 Å². The molecule has 0 rings (SSSR count). The highest BCUT2D eigenvalue weighted by molar-refractivity contribution is 7.85. The summed E-state index contributed by atoms with van der Waals surface area (Å²) in [7, 11) is -0.699. The Morgan fingerprint density at radius 2 is 1.93 bits per heavy atom. The summed E-state index contributed by atoms with van der Waals surface area (Å²) < 4.78 is 11.6. The van der Waals surface area contributed by atoms with Crippen LogP contribution in [0.3, 0.4) is 0 Å². The second-order valence-electron chi connectivity index (χ2n) is 4.07. The second kappa shape index (κ2) is 8.42. The van der Waals surface area contributed by atoms with Crippen molar-refractivity contribution in [2.24, 2.45) is 11.7 Å². The molecule has 14 heavy (non-hydrogen) atoms. The molecule has 3 heteroatoms. The van der Waals surface area contributed by atoms with E-state index in [1.807, 2.05) is 0 Å². The average molecular weight is 219 g/mol. The first kappa shape index (κ1) is 14.1. The van der Waals surface area contributed by atoms with Gasteiger partial charge >= 0.3 is 0 Å². The summed E-state index contributed by atoms with van der Waals surface area (Å²) in [6.07, 6.45) is 4.53. The summed E-state index contributed by atoms with van der Waals surface area (Å²) in [5, 5.41) is 0. The van der Waals surface area contributed by atoms with Gasteiger partial charge in [-0.15, -0.1) is 0 Å². The minimum atomic E-state index is -0.699. The molecule has 0 aliphatic heterocycles. The molecule has 0 fully saturated rings. The largest absolute Gasteiger partial charge is 0.327 e. The van der Waals surface area contributed by atoms with Crippen LogP contribution in [0.15, 0.2) is 0 Å². The minimum Gasteiger partial charge on any atom is -0.327 e. The van der Waals surface area contributed by atoms with Gasteiger partial charge in [-0.3, -0.25) is 4.21 Å². The molecular weight excluding hydrogens is 194 g/mol. The van der Waals surface area contributed by atoms with Crippen LogP contribution in [-0.2, 0) is 10.8 Å². The summed E-state index contributed by atoms with van der Waals surface area (Å²) in [6, 6.07) is 0.113. The van der Waals surface area contributed by atoms with E-state index >= 15 is 0 Å². The van der Waals surface area contributed by atoms with Gasteiger partial charge in [0.25, 0.3) is 0 Å². The lowest BCUT2D eigenvalue weighted by molar-refractivity contribution is 0.472. The van der Waals surface area contributed by atoms with Crippen molar-refractivity contribution in [2.45, 2.75) is 52.5 Å². The van der Waals surface area contributed by atoms with E-state index in [4.69, 9.17) is 5.73 Å². The van der Waals surface area contributed by atoms with Gasteiger partial charge in [0.2, 0.25) is 0 Å². The average Bonchev–Trinajstić information content (AvgIpc) is 2.16. The van der Waals surface area contributed by atoms with E-state index in [-0.39, 0.29) is 6.04 Å². The maximum absolute atomic E-state index is 11.6. The third-order valence-electron chi connectivity index (χ3n) is 2.73. The van der Waals surface area contributed by atoms with Crippen molar-refractivity contribution < 1.29 is 4.21 Å². The van der Waals surface area contributed by atoms with Crippen LogP contribution < -0.4 is 5.73 Å². The smallest absolute Gasteiger partial charge is 0.0389 e. The molecule has 86 valence electrons. The fourth-order valence-electron chi connectivity index (χ4n) is 1.28. The summed E-state index contributed by atoms with van der Waals surface area (Å²) in [4.78, 5) is 0. The monoisotopic (exact) mass is 219 g/mol. The van der Waals surface area contributed by atoms with E-state index < -0.39 is 10.8 Å². The molecule has 0 saturated heterocycles. The van der Waals surface area contributed by atoms with Crippen LogP contribution in [0.4, 0.5) is 0 Å². The number of rotatable bonds is 8. The molecule has 0 aliphatic carbocycles. The lowest BCUT2D eigenvalue weighted by Gasteiger charge is -2.17. The van der Waals surface area contributed by atoms with E-state index in [0.29, 0.717) is 11.7 Å². The van der Waals surface area contributed by atoms with Gasteiger partial charge in [0.15, 0.2) is 0 Å². The number of nitrogens with two attached hydrogens (primary N) is 1. The Balaban J connectivity index is 3.60. The summed E-state index contributed by atoms with van der Waals surface area (Å²) >= 11 is 0. The maximum Gasteiger partial charge on any atom is 0.0389 e. The van der Waals surface area contributed by atoms with Crippen molar-refractivity contribution in [3.8, 4) is 0 Å². The Kier molecular flexibility index (Phi) is 8.49. The zero-order chi connectivity index (χ0) is 11.0. The van der Waals surface area contributed by atoms with Crippen molar-refractivity contribution in [3.05, 3.63) is 0 Å². The zero-order valence-corrected chi connectivity index (χ0v) is 10.6. The van der Waals surface area contributed by atoms with Gasteiger partial charge in [0.05, 0.1) is 0 Å². The lowest BCUT2D eigenvalue weighted by Crippen LogP contribution is -2.34. The topological polar surface area (TPSA) is 43.1 Å². The molecule has 0 amide bonds. The summed E-state index contributed by atoms with van der Waals surface area (Å²) in [5.74, 6) is 2.00. The van der Waals surface area contributed by atoms with Gasteiger partial charge in [-0.1, -0.05) is 40.0 Å². The van der Waals surface area contributed by atoms with Crippen LogP contribution >= 0.6 is 0 Å². The van der Waals surface area contributed by atoms with Crippen LogP contribution in [0, 0.1) is 5.92 Å². The Bertz CT molecular complexity index is 161. The molecule has 0 aliphatic rings. The van der Waals surface area contributed by atoms with Crippen molar-refractivity contribution in [3.63, 3.8) is 0 Å². The Labute approximate surface area is 91.1 Å². The SMILES string of the molecule is CCCCCS(=O)CC(N)C(C)CC. The molecule has 2 N–H and O–H groups in total. The third kappa shape index (κ3) is 6.55. The van der Waals surface area contributed by atoms with Crippen molar-refractivity contribution in [2.75, 3.05) is 11.5 Å². The van der Waals surface area contributed by atoms with Crippen LogP contribution in [0.2, 0.25) is 0 Å². The second-order valence-corrected chi connectivity index (χ2v) is 5.69. The fourth-order valence-corrected chi connectivity index (χ4v) is 2.73. The molecule has 0 aromatic carbocycles. The normalized spacial score (nSPS) is 17.7.